The van der Waals surface area contributed by atoms with Crippen LogP contribution in [-0.2, 0) is 4.74 Å². The molecule has 0 unspecified atom stereocenters. The number of nitro benzene ring substituents is 1. The van der Waals surface area contributed by atoms with Crippen LogP contribution < -0.4 is 4.74 Å². The minimum Gasteiger partial charge on any atom is -0.465 e. The van der Waals surface area contributed by atoms with Crippen molar-refractivity contribution in [1.29, 1.82) is 0 Å². The van der Waals surface area contributed by atoms with E-state index in [2.05, 4.69) is 9.72 Å². The number of esters is 1. The zero-order chi connectivity index (χ0) is 15.4. The van der Waals surface area contributed by atoms with Gasteiger partial charge in [-0.3, -0.25) is 15.1 Å². The molecule has 0 saturated heterocycles. The van der Waals surface area contributed by atoms with Crippen LogP contribution in [0.4, 0.5) is 5.69 Å². The molecule has 0 N–H and O–H groups in total. The van der Waals surface area contributed by atoms with E-state index >= 15 is 0 Å². The second kappa shape index (κ2) is 6.00. The summed E-state index contributed by atoms with van der Waals surface area (Å²) in [4.78, 5) is 26.0. The average Bonchev–Trinajstić information content (AvgIpc) is 2.47. The zero-order valence-corrected chi connectivity index (χ0v) is 11.4. The highest BCUT2D eigenvalue weighted by Gasteiger charge is 2.22. The molecule has 0 amide bonds. The predicted molar refractivity (Wildman–Crippen MR) is 73.5 cm³/mol. The lowest BCUT2D eigenvalue weighted by atomic mass is 10.1. The third kappa shape index (κ3) is 3.14. The second-order valence-corrected chi connectivity index (χ2v) is 4.17. The van der Waals surface area contributed by atoms with Crippen LogP contribution in [0.5, 0.6) is 11.5 Å². The van der Waals surface area contributed by atoms with Gasteiger partial charge in [-0.05, 0) is 30.7 Å². The van der Waals surface area contributed by atoms with E-state index < -0.39 is 10.9 Å². The molecule has 2 rings (SSSR count). The fraction of sp³-hybridized carbons (Fsp3) is 0.143. The fourth-order valence-corrected chi connectivity index (χ4v) is 1.76. The summed E-state index contributed by atoms with van der Waals surface area (Å²) in [6.45, 7) is 1.64. The number of nitrogens with zero attached hydrogens (tertiary/aromatic N) is 2. The van der Waals surface area contributed by atoms with Crippen molar-refractivity contribution in [2.24, 2.45) is 0 Å². The number of pyridine rings is 1. The summed E-state index contributed by atoms with van der Waals surface area (Å²) in [7, 11) is 1.22. The molecule has 108 valence electrons. The molecule has 0 aliphatic carbocycles. The summed E-state index contributed by atoms with van der Waals surface area (Å²) in [5, 5.41) is 11.1. The summed E-state index contributed by atoms with van der Waals surface area (Å²) < 4.78 is 10.1. The van der Waals surface area contributed by atoms with E-state index in [0.717, 1.165) is 6.07 Å². The molecule has 0 spiro atoms. The van der Waals surface area contributed by atoms with Crippen LogP contribution in [0.3, 0.4) is 0 Å². The Kier molecular flexibility index (Phi) is 4.13. The molecule has 0 fully saturated rings. The van der Waals surface area contributed by atoms with Crippen LogP contribution >= 0.6 is 0 Å². The van der Waals surface area contributed by atoms with Crippen molar-refractivity contribution in [3.63, 3.8) is 0 Å². The molecule has 0 aliphatic heterocycles. The average molecular weight is 288 g/mol. The van der Waals surface area contributed by atoms with Gasteiger partial charge in [0.2, 0.25) is 5.75 Å². The number of benzene rings is 1. The minimum atomic E-state index is -0.636. The van der Waals surface area contributed by atoms with E-state index in [1.807, 2.05) is 0 Å². The Morgan fingerprint density at radius 1 is 1.38 bits per heavy atom. The van der Waals surface area contributed by atoms with Gasteiger partial charge in [0, 0.05) is 12.3 Å². The molecule has 0 bridgehead atoms. The number of rotatable bonds is 4. The summed E-state index contributed by atoms with van der Waals surface area (Å²) >= 11 is 0. The zero-order valence-electron chi connectivity index (χ0n) is 11.4. The molecule has 0 radical (unpaired) electrons. The van der Waals surface area contributed by atoms with Crippen molar-refractivity contribution in [2.75, 3.05) is 7.11 Å². The van der Waals surface area contributed by atoms with Crippen molar-refractivity contribution < 1.29 is 19.2 Å². The largest absolute Gasteiger partial charge is 0.465 e. The first-order chi connectivity index (χ1) is 10.0. The van der Waals surface area contributed by atoms with Crippen molar-refractivity contribution >= 4 is 11.7 Å². The van der Waals surface area contributed by atoms with Gasteiger partial charge in [0.05, 0.1) is 23.8 Å². The molecule has 1 heterocycles. The van der Waals surface area contributed by atoms with Crippen LogP contribution in [-0.4, -0.2) is 23.0 Å². The Morgan fingerprint density at radius 2 is 2.14 bits per heavy atom. The molecule has 1 aromatic carbocycles. The van der Waals surface area contributed by atoms with E-state index in [1.165, 1.54) is 19.4 Å². The first kappa shape index (κ1) is 14.4. The lowest BCUT2D eigenvalue weighted by Gasteiger charge is -2.09. The Morgan fingerprint density at radius 3 is 2.71 bits per heavy atom. The highest BCUT2D eigenvalue weighted by atomic mass is 16.6. The van der Waals surface area contributed by atoms with Crippen LogP contribution in [0, 0.1) is 17.0 Å². The Bertz CT molecular complexity index is 685. The number of hydrogen-bond acceptors (Lipinski definition) is 6. The quantitative estimate of drug-likeness (QED) is 0.488. The minimum absolute atomic E-state index is 0.0400. The number of aromatic nitrogens is 1. The number of aryl methyl sites for hydroxylation is 1. The molecule has 7 heteroatoms. The first-order valence-corrected chi connectivity index (χ1v) is 5.98. The van der Waals surface area contributed by atoms with Crippen LogP contribution in [0.1, 0.15) is 15.9 Å². The maximum absolute atomic E-state index is 11.6. The Hall–Kier alpha value is -2.96. The number of hydrogen-bond donors (Lipinski definition) is 0. The van der Waals surface area contributed by atoms with Crippen molar-refractivity contribution in [3.05, 3.63) is 57.9 Å². The van der Waals surface area contributed by atoms with Crippen LogP contribution in [0.2, 0.25) is 0 Å². The number of carbonyl (C=O) groups excluding carboxylic acids is 1. The van der Waals surface area contributed by atoms with Crippen LogP contribution in [0.25, 0.3) is 0 Å². The van der Waals surface area contributed by atoms with Crippen molar-refractivity contribution in [1.82, 2.24) is 4.98 Å². The third-order valence-corrected chi connectivity index (χ3v) is 2.77. The molecular weight excluding hydrogens is 276 g/mol. The second-order valence-electron chi connectivity index (χ2n) is 4.17. The van der Waals surface area contributed by atoms with Gasteiger partial charge in [-0.2, -0.15) is 0 Å². The summed E-state index contributed by atoms with van der Waals surface area (Å²) in [6.07, 6.45) is 3.00. The monoisotopic (exact) mass is 288 g/mol. The summed E-state index contributed by atoms with van der Waals surface area (Å²) in [5.41, 5.74) is 0.332. The molecule has 0 aliphatic rings. The SMILES string of the molecule is COC(=O)c1cc([N+](=O)[O-])c(Oc2cccnc2)cc1C. The number of nitro groups is 1. The van der Waals surface area contributed by atoms with Crippen molar-refractivity contribution in [2.45, 2.75) is 6.92 Å². The molecule has 1 aromatic heterocycles. The lowest BCUT2D eigenvalue weighted by Crippen LogP contribution is -2.06. The molecular formula is C14H12N2O5. The van der Waals surface area contributed by atoms with E-state index in [1.54, 1.807) is 25.3 Å². The highest BCUT2D eigenvalue weighted by Crippen LogP contribution is 2.34. The fourth-order valence-electron chi connectivity index (χ4n) is 1.76. The molecule has 0 saturated carbocycles. The van der Waals surface area contributed by atoms with E-state index in [-0.39, 0.29) is 17.0 Å². The lowest BCUT2D eigenvalue weighted by molar-refractivity contribution is -0.385. The molecule has 21 heavy (non-hydrogen) atoms. The van der Waals surface area contributed by atoms with E-state index in [9.17, 15) is 14.9 Å². The molecule has 2 aromatic rings. The first-order valence-electron chi connectivity index (χ1n) is 5.98. The van der Waals surface area contributed by atoms with Gasteiger partial charge in [-0.25, -0.2) is 4.79 Å². The Balaban J connectivity index is 2.48. The summed E-state index contributed by atoms with van der Waals surface area (Å²) in [5.74, 6) is -0.229. The van der Waals surface area contributed by atoms with Gasteiger partial charge in [0.25, 0.3) is 0 Å². The van der Waals surface area contributed by atoms with Gasteiger partial charge >= 0.3 is 11.7 Å². The predicted octanol–water partition coefficient (Wildman–Crippen LogP) is 2.88. The van der Waals surface area contributed by atoms with Crippen molar-refractivity contribution in [3.8, 4) is 11.5 Å². The summed E-state index contributed by atoms with van der Waals surface area (Å²) in [6, 6.07) is 5.85. The van der Waals surface area contributed by atoms with Gasteiger partial charge in [-0.15, -0.1) is 0 Å². The van der Waals surface area contributed by atoms with Gasteiger partial charge < -0.3 is 9.47 Å². The number of methoxy groups -OCH3 is 1. The topological polar surface area (TPSA) is 91.6 Å². The number of carbonyl (C=O) groups is 1. The maximum atomic E-state index is 11.6. The Labute approximate surface area is 120 Å². The smallest absolute Gasteiger partial charge is 0.338 e. The van der Waals surface area contributed by atoms with E-state index in [4.69, 9.17) is 4.74 Å². The van der Waals surface area contributed by atoms with Gasteiger partial charge in [-0.1, -0.05) is 0 Å². The van der Waals surface area contributed by atoms with Gasteiger partial charge in [0.1, 0.15) is 5.75 Å². The third-order valence-electron chi connectivity index (χ3n) is 2.77. The van der Waals surface area contributed by atoms with E-state index in [0.29, 0.717) is 11.3 Å². The molecule has 0 atom stereocenters. The standard InChI is InChI=1S/C14H12N2O5/c1-9-6-13(21-10-4-3-5-15-8-10)12(16(18)19)7-11(9)14(17)20-2/h3-8H,1-2H3. The highest BCUT2D eigenvalue weighted by molar-refractivity contribution is 5.92. The molecule has 7 nitrogen and oxygen atoms in total. The van der Waals surface area contributed by atoms with Crippen LogP contribution in [0.15, 0.2) is 36.7 Å². The normalized spacial score (nSPS) is 10.0. The maximum Gasteiger partial charge on any atom is 0.338 e. The number of ether oxygens (including phenoxy) is 2. The van der Waals surface area contributed by atoms with Gasteiger partial charge in [0.15, 0.2) is 0 Å².